The molecule has 1 N–H and O–H groups in total. The standard InChI is InChI=1S/C14H21N3/c1-11-9-16-14(17-10-11)13(15-2)12-7-5-3-4-6-8-12/h7,9-10,13,15H,3-6,8H2,1-2H3. The Morgan fingerprint density at radius 1 is 1.18 bits per heavy atom. The number of aromatic nitrogens is 2. The Balaban J connectivity index is 2.20. The summed E-state index contributed by atoms with van der Waals surface area (Å²) in [5.74, 6) is 0.895. The van der Waals surface area contributed by atoms with E-state index in [4.69, 9.17) is 0 Å². The molecule has 0 spiro atoms. The molecule has 0 aliphatic heterocycles. The van der Waals surface area contributed by atoms with Gasteiger partial charge in [-0.15, -0.1) is 0 Å². The van der Waals surface area contributed by atoms with E-state index >= 15 is 0 Å². The first-order chi connectivity index (χ1) is 8.31. The van der Waals surface area contributed by atoms with E-state index in [-0.39, 0.29) is 6.04 Å². The maximum absolute atomic E-state index is 4.44. The minimum absolute atomic E-state index is 0.189. The van der Waals surface area contributed by atoms with E-state index in [0.29, 0.717) is 0 Å². The van der Waals surface area contributed by atoms with Crippen LogP contribution in [0.4, 0.5) is 0 Å². The number of rotatable bonds is 3. The van der Waals surface area contributed by atoms with Gasteiger partial charge in [-0.05, 0) is 50.8 Å². The lowest BCUT2D eigenvalue weighted by Crippen LogP contribution is -2.21. The number of allylic oxidation sites excluding steroid dienone is 1. The van der Waals surface area contributed by atoms with Gasteiger partial charge in [0.1, 0.15) is 5.82 Å². The Bertz CT molecular complexity index is 381. The van der Waals surface area contributed by atoms with Gasteiger partial charge in [-0.1, -0.05) is 12.5 Å². The fourth-order valence-corrected chi connectivity index (χ4v) is 2.33. The van der Waals surface area contributed by atoms with Crippen LogP contribution in [0.25, 0.3) is 0 Å². The molecule has 1 heterocycles. The Morgan fingerprint density at radius 3 is 2.65 bits per heavy atom. The van der Waals surface area contributed by atoms with Gasteiger partial charge in [-0.3, -0.25) is 0 Å². The van der Waals surface area contributed by atoms with Gasteiger partial charge in [-0.25, -0.2) is 9.97 Å². The van der Waals surface area contributed by atoms with Gasteiger partial charge in [0.15, 0.2) is 0 Å². The van der Waals surface area contributed by atoms with E-state index in [0.717, 1.165) is 11.4 Å². The highest BCUT2D eigenvalue weighted by Gasteiger charge is 2.17. The van der Waals surface area contributed by atoms with Gasteiger partial charge in [0, 0.05) is 12.4 Å². The third-order valence-electron chi connectivity index (χ3n) is 3.29. The number of aryl methyl sites for hydroxylation is 1. The first-order valence-electron chi connectivity index (χ1n) is 6.46. The molecule has 0 bridgehead atoms. The lowest BCUT2D eigenvalue weighted by molar-refractivity contribution is 0.598. The molecule has 1 aliphatic carbocycles. The van der Waals surface area contributed by atoms with Crippen LogP contribution in [0.15, 0.2) is 24.0 Å². The van der Waals surface area contributed by atoms with Gasteiger partial charge in [0.05, 0.1) is 6.04 Å². The summed E-state index contributed by atoms with van der Waals surface area (Å²) in [5, 5.41) is 3.34. The lowest BCUT2D eigenvalue weighted by Gasteiger charge is -2.18. The van der Waals surface area contributed by atoms with E-state index < -0.39 is 0 Å². The van der Waals surface area contributed by atoms with Crippen molar-refractivity contribution in [2.75, 3.05) is 7.05 Å². The molecule has 0 fully saturated rings. The van der Waals surface area contributed by atoms with E-state index in [1.54, 1.807) is 0 Å². The summed E-state index contributed by atoms with van der Waals surface area (Å²) < 4.78 is 0. The largest absolute Gasteiger partial charge is 0.307 e. The van der Waals surface area contributed by atoms with Crippen LogP contribution in [-0.4, -0.2) is 17.0 Å². The molecule has 0 amide bonds. The van der Waals surface area contributed by atoms with Crippen molar-refractivity contribution in [3.8, 4) is 0 Å². The average molecular weight is 231 g/mol. The Kier molecular flexibility index (Phi) is 4.26. The van der Waals surface area contributed by atoms with E-state index in [9.17, 15) is 0 Å². The van der Waals surface area contributed by atoms with Crippen LogP contribution in [0, 0.1) is 6.92 Å². The van der Waals surface area contributed by atoms with Crippen molar-refractivity contribution >= 4 is 0 Å². The monoisotopic (exact) mass is 231 g/mol. The molecule has 0 saturated heterocycles. The van der Waals surface area contributed by atoms with E-state index in [1.807, 2.05) is 26.4 Å². The number of likely N-dealkylation sites (N-methyl/N-ethyl adjacent to an activating group) is 1. The van der Waals surface area contributed by atoms with Crippen molar-refractivity contribution in [3.63, 3.8) is 0 Å². The lowest BCUT2D eigenvalue weighted by atomic mass is 10.0. The quantitative estimate of drug-likeness (QED) is 0.813. The van der Waals surface area contributed by atoms with Crippen LogP contribution in [0.3, 0.4) is 0 Å². The van der Waals surface area contributed by atoms with E-state index in [1.165, 1.54) is 37.7 Å². The van der Waals surface area contributed by atoms with Crippen LogP contribution in [0.2, 0.25) is 0 Å². The summed E-state index contributed by atoms with van der Waals surface area (Å²) in [7, 11) is 1.99. The van der Waals surface area contributed by atoms with Crippen LogP contribution < -0.4 is 5.32 Å². The molecule has 1 aromatic rings. The fourth-order valence-electron chi connectivity index (χ4n) is 2.33. The van der Waals surface area contributed by atoms with Crippen LogP contribution >= 0.6 is 0 Å². The second kappa shape index (κ2) is 5.92. The van der Waals surface area contributed by atoms with Crippen LogP contribution in [-0.2, 0) is 0 Å². The maximum atomic E-state index is 4.44. The summed E-state index contributed by atoms with van der Waals surface area (Å²) in [5.41, 5.74) is 2.56. The first-order valence-corrected chi connectivity index (χ1v) is 6.46. The SMILES string of the molecule is CNC(C1=CCCCCC1)c1ncc(C)cn1. The Hall–Kier alpha value is -1.22. The normalized spacial score (nSPS) is 18.4. The molecule has 1 aromatic heterocycles. The smallest absolute Gasteiger partial charge is 0.149 e. The molecule has 92 valence electrons. The highest BCUT2D eigenvalue weighted by atomic mass is 15.0. The second-order valence-corrected chi connectivity index (χ2v) is 4.72. The summed E-state index contributed by atoms with van der Waals surface area (Å²) in [4.78, 5) is 8.88. The van der Waals surface area contributed by atoms with Gasteiger partial charge >= 0.3 is 0 Å². The molecular formula is C14H21N3. The van der Waals surface area contributed by atoms with Gasteiger partial charge < -0.3 is 5.32 Å². The van der Waals surface area contributed by atoms with Crippen molar-refractivity contribution in [2.45, 2.75) is 45.1 Å². The zero-order valence-electron chi connectivity index (χ0n) is 10.7. The number of hydrogen-bond acceptors (Lipinski definition) is 3. The Morgan fingerprint density at radius 2 is 1.94 bits per heavy atom. The third-order valence-corrected chi connectivity index (χ3v) is 3.29. The van der Waals surface area contributed by atoms with Crippen molar-refractivity contribution in [3.05, 3.63) is 35.4 Å². The van der Waals surface area contributed by atoms with Gasteiger partial charge in [0.2, 0.25) is 0 Å². The molecule has 2 rings (SSSR count). The fraction of sp³-hybridized carbons (Fsp3) is 0.571. The molecule has 0 aromatic carbocycles. The minimum Gasteiger partial charge on any atom is -0.307 e. The Labute approximate surface area is 103 Å². The molecule has 3 nitrogen and oxygen atoms in total. The molecule has 1 unspecified atom stereocenters. The molecule has 17 heavy (non-hydrogen) atoms. The van der Waals surface area contributed by atoms with Gasteiger partial charge in [-0.2, -0.15) is 0 Å². The first kappa shape index (κ1) is 12.2. The molecule has 0 radical (unpaired) electrons. The maximum Gasteiger partial charge on any atom is 0.149 e. The summed E-state index contributed by atoms with van der Waals surface area (Å²) in [6.07, 6.45) is 12.5. The highest BCUT2D eigenvalue weighted by Crippen LogP contribution is 2.26. The summed E-state index contributed by atoms with van der Waals surface area (Å²) >= 11 is 0. The van der Waals surface area contributed by atoms with Crippen molar-refractivity contribution in [1.29, 1.82) is 0 Å². The predicted molar refractivity (Wildman–Crippen MR) is 69.7 cm³/mol. The minimum atomic E-state index is 0.189. The second-order valence-electron chi connectivity index (χ2n) is 4.72. The van der Waals surface area contributed by atoms with Crippen LogP contribution in [0.1, 0.15) is 49.5 Å². The van der Waals surface area contributed by atoms with Gasteiger partial charge in [0.25, 0.3) is 0 Å². The molecular weight excluding hydrogens is 210 g/mol. The summed E-state index contributed by atoms with van der Waals surface area (Å²) in [6, 6.07) is 0.189. The number of hydrogen-bond donors (Lipinski definition) is 1. The highest BCUT2D eigenvalue weighted by molar-refractivity contribution is 5.19. The zero-order chi connectivity index (χ0) is 12.1. The summed E-state index contributed by atoms with van der Waals surface area (Å²) in [6.45, 7) is 2.02. The third kappa shape index (κ3) is 3.13. The topological polar surface area (TPSA) is 37.8 Å². The molecule has 1 atom stereocenters. The predicted octanol–water partition coefficient (Wildman–Crippen LogP) is 2.94. The van der Waals surface area contributed by atoms with E-state index in [2.05, 4.69) is 21.4 Å². The zero-order valence-corrected chi connectivity index (χ0v) is 10.7. The average Bonchev–Trinajstić information content (AvgIpc) is 2.62. The van der Waals surface area contributed by atoms with Crippen molar-refractivity contribution in [1.82, 2.24) is 15.3 Å². The molecule has 3 heteroatoms. The van der Waals surface area contributed by atoms with Crippen molar-refractivity contribution < 1.29 is 0 Å². The molecule has 0 saturated carbocycles. The van der Waals surface area contributed by atoms with Crippen LogP contribution in [0.5, 0.6) is 0 Å². The number of nitrogens with zero attached hydrogens (tertiary/aromatic N) is 2. The molecule has 1 aliphatic rings. The number of nitrogens with one attached hydrogen (secondary N) is 1. The van der Waals surface area contributed by atoms with Crippen molar-refractivity contribution in [2.24, 2.45) is 0 Å².